The third-order valence-corrected chi connectivity index (χ3v) is 2.84. The Bertz CT molecular complexity index is 598. The summed E-state index contributed by atoms with van der Waals surface area (Å²) in [5.41, 5.74) is 0.213. The van der Waals surface area contributed by atoms with E-state index in [1.54, 1.807) is 12.1 Å². The monoisotopic (exact) mass is 327 g/mol. The van der Waals surface area contributed by atoms with Crippen molar-refractivity contribution in [2.24, 2.45) is 0 Å². The van der Waals surface area contributed by atoms with Crippen molar-refractivity contribution in [3.63, 3.8) is 0 Å². The second-order valence-corrected chi connectivity index (χ2v) is 4.83. The van der Waals surface area contributed by atoms with Crippen molar-refractivity contribution in [1.82, 2.24) is 5.32 Å². The van der Waals surface area contributed by atoms with Crippen LogP contribution in [-0.2, 0) is 9.59 Å². The van der Waals surface area contributed by atoms with Gasteiger partial charge in [-0.1, -0.05) is 18.5 Å². The Morgan fingerprint density at radius 2 is 2.09 bits per heavy atom. The molecule has 0 bridgehead atoms. The number of hydrogen-bond acceptors (Lipinski definition) is 4. The number of methoxy groups -OCH3 is 1. The lowest BCUT2D eigenvalue weighted by molar-refractivity contribution is -0.134. The highest BCUT2D eigenvalue weighted by Crippen LogP contribution is 2.37. The SMILES string of the molecule is CCCOc1c(Cl)cc(/C=C(/NC(C)=O)C(=O)O)cc1OC. The molecule has 0 atom stereocenters. The second-order valence-electron chi connectivity index (χ2n) is 4.43. The van der Waals surface area contributed by atoms with Gasteiger partial charge in [0.2, 0.25) is 5.91 Å². The van der Waals surface area contributed by atoms with Crippen molar-refractivity contribution in [1.29, 1.82) is 0 Å². The molecule has 6 nitrogen and oxygen atoms in total. The predicted molar refractivity (Wildman–Crippen MR) is 83.2 cm³/mol. The van der Waals surface area contributed by atoms with Gasteiger partial charge < -0.3 is 19.9 Å². The normalized spacial score (nSPS) is 11.0. The van der Waals surface area contributed by atoms with Gasteiger partial charge in [-0.05, 0) is 30.2 Å². The van der Waals surface area contributed by atoms with Crippen LogP contribution in [0.2, 0.25) is 5.02 Å². The summed E-state index contributed by atoms with van der Waals surface area (Å²) in [7, 11) is 1.46. The molecule has 120 valence electrons. The average Bonchev–Trinajstić information content (AvgIpc) is 2.44. The van der Waals surface area contributed by atoms with Gasteiger partial charge in [0.1, 0.15) is 5.70 Å². The lowest BCUT2D eigenvalue weighted by atomic mass is 10.1. The molecular formula is C15H18ClNO5. The number of halogens is 1. The summed E-state index contributed by atoms with van der Waals surface area (Å²) in [6, 6.07) is 3.13. The van der Waals surface area contributed by atoms with Gasteiger partial charge in [-0.3, -0.25) is 4.79 Å². The summed E-state index contributed by atoms with van der Waals surface area (Å²) in [5, 5.41) is 11.6. The van der Waals surface area contributed by atoms with E-state index in [1.165, 1.54) is 20.1 Å². The van der Waals surface area contributed by atoms with Gasteiger partial charge >= 0.3 is 5.97 Å². The second kappa shape index (κ2) is 8.29. The molecule has 1 aromatic carbocycles. The first-order valence-electron chi connectivity index (χ1n) is 6.62. The third-order valence-electron chi connectivity index (χ3n) is 2.55. The Hall–Kier alpha value is -2.21. The van der Waals surface area contributed by atoms with Crippen LogP contribution in [0.5, 0.6) is 11.5 Å². The number of amides is 1. The van der Waals surface area contributed by atoms with Crippen LogP contribution in [0.4, 0.5) is 0 Å². The number of ether oxygens (including phenoxy) is 2. The van der Waals surface area contributed by atoms with Gasteiger partial charge in [-0.15, -0.1) is 0 Å². The summed E-state index contributed by atoms with van der Waals surface area (Å²) >= 11 is 6.15. The Morgan fingerprint density at radius 3 is 2.59 bits per heavy atom. The van der Waals surface area contributed by atoms with Crippen LogP contribution >= 0.6 is 11.6 Å². The highest BCUT2D eigenvalue weighted by Gasteiger charge is 2.14. The van der Waals surface area contributed by atoms with Crippen LogP contribution in [-0.4, -0.2) is 30.7 Å². The number of hydrogen-bond donors (Lipinski definition) is 2. The number of carboxylic acids is 1. The highest BCUT2D eigenvalue weighted by molar-refractivity contribution is 6.32. The minimum atomic E-state index is -1.25. The van der Waals surface area contributed by atoms with E-state index in [-0.39, 0.29) is 5.70 Å². The maximum absolute atomic E-state index is 11.1. The summed E-state index contributed by atoms with van der Waals surface area (Å²) in [5.74, 6) is -0.939. The molecule has 1 amide bonds. The van der Waals surface area contributed by atoms with Crippen molar-refractivity contribution < 1.29 is 24.2 Å². The molecule has 1 aromatic rings. The number of aliphatic carboxylic acids is 1. The summed E-state index contributed by atoms with van der Waals surface area (Å²) in [4.78, 5) is 22.1. The van der Waals surface area contributed by atoms with Crippen LogP contribution in [0.15, 0.2) is 17.8 Å². The van der Waals surface area contributed by atoms with Gasteiger partial charge in [0.15, 0.2) is 11.5 Å². The number of carbonyl (C=O) groups is 2. The van der Waals surface area contributed by atoms with E-state index in [9.17, 15) is 9.59 Å². The Kier molecular flexibility index (Phi) is 6.72. The fourth-order valence-electron chi connectivity index (χ4n) is 1.67. The summed E-state index contributed by atoms with van der Waals surface area (Å²) < 4.78 is 10.7. The molecule has 2 N–H and O–H groups in total. The first kappa shape index (κ1) is 17.8. The van der Waals surface area contributed by atoms with Crippen LogP contribution in [0.25, 0.3) is 6.08 Å². The Balaban J connectivity index is 3.22. The van der Waals surface area contributed by atoms with Gasteiger partial charge in [-0.25, -0.2) is 4.79 Å². The summed E-state index contributed by atoms with van der Waals surface area (Å²) in [6.07, 6.45) is 2.11. The third kappa shape index (κ3) is 4.96. The summed E-state index contributed by atoms with van der Waals surface area (Å²) in [6.45, 7) is 3.67. The molecule has 0 fully saturated rings. The van der Waals surface area contributed by atoms with E-state index >= 15 is 0 Å². The lowest BCUT2D eigenvalue weighted by Gasteiger charge is -2.13. The molecule has 0 radical (unpaired) electrons. The number of benzene rings is 1. The van der Waals surface area contributed by atoms with Crippen LogP contribution < -0.4 is 14.8 Å². The standard InChI is InChI=1S/C15H18ClNO5/c1-4-5-22-14-11(16)6-10(8-13(14)21-3)7-12(15(19)20)17-9(2)18/h6-8H,4-5H2,1-3H3,(H,17,18)(H,19,20)/b12-7+. The van der Waals surface area contributed by atoms with E-state index < -0.39 is 11.9 Å². The molecule has 0 saturated heterocycles. The van der Waals surface area contributed by atoms with Crippen molar-refractivity contribution in [3.8, 4) is 11.5 Å². The molecule has 0 aliphatic heterocycles. The molecule has 22 heavy (non-hydrogen) atoms. The van der Waals surface area contributed by atoms with E-state index in [2.05, 4.69) is 5.32 Å². The molecular weight excluding hydrogens is 310 g/mol. The molecule has 0 saturated carbocycles. The molecule has 0 aromatic heterocycles. The van der Waals surface area contributed by atoms with Gasteiger partial charge in [0.05, 0.1) is 18.7 Å². The van der Waals surface area contributed by atoms with Gasteiger partial charge in [0.25, 0.3) is 0 Å². The molecule has 0 unspecified atom stereocenters. The van der Waals surface area contributed by atoms with E-state index in [1.807, 2.05) is 6.92 Å². The Morgan fingerprint density at radius 1 is 1.41 bits per heavy atom. The van der Waals surface area contributed by atoms with Crippen LogP contribution in [0, 0.1) is 0 Å². The first-order chi connectivity index (χ1) is 10.4. The Labute approximate surface area is 133 Å². The fourth-order valence-corrected chi connectivity index (χ4v) is 1.95. The van der Waals surface area contributed by atoms with E-state index in [4.69, 9.17) is 26.2 Å². The maximum atomic E-state index is 11.1. The zero-order chi connectivity index (χ0) is 16.7. The molecule has 1 rings (SSSR count). The average molecular weight is 328 g/mol. The number of carboxylic acid groups (broad SMARTS) is 1. The fraction of sp³-hybridized carbons (Fsp3) is 0.333. The maximum Gasteiger partial charge on any atom is 0.352 e. The van der Waals surface area contributed by atoms with Crippen molar-refractivity contribution in [2.45, 2.75) is 20.3 Å². The van der Waals surface area contributed by atoms with E-state index in [0.29, 0.717) is 28.7 Å². The number of nitrogens with one attached hydrogen (secondary N) is 1. The first-order valence-corrected chi connectivity index (χ1v) is 6.99. The predicted octanol–water partition coefficient (Wildman–Crippen LogP) is 2.70. The van der Waals surface area contributed by atoms with Gasteiger partial charge in [-0.2, -0.15) is 0 Å². The van der Waals surface area contributed by atoms with Crippen molar-refractivity contribution >= 4 is 29.6 Å². The minimum absolute atomic E-state index is 0.257. The molecule has 0 aliphatic carbocycles. The van der Waals surface area contributed by atoms with Gasteiger partial charge in [0, 0.05) is 6.92 Å². The smallest absolute Gasteiger partial charge is 0.352 e. The largest absolute Gasteiger partial charge is 0.493 e. The number of rotatable bonds is 7. The van der Waals surface area contributed by atoms with Crippen LogP contribution in [0.3, 0.4) is 0 Å². The van der Waals surface area contributed by atoms with Crippen molar-refractivity contribution in [3.05, 3.63) is 28.4 Å². The topological polar surface area (TPSA) is 84.9 Å². The molecule has 0 spiro atoms. The zero-order valence-corrected chi connectivity index (χ0v) is 13.4. The molecule has 0 aliphatic rings. The quantitative estimate of drug-likeness (QED) is 0.752. The van der Waals surface area contributed by atoms with E-state index in [0.717, 1.165) is 6.42 Å². The lowest BCUT2D eigenvalue weighted by Crippen LogP contribution is -2.24. The zero-order valence-electron chi connectivity index (χ0n) is 12.6. The molecule has 0 heterocycles. The molecule has 7 heteroatoms. The van der Waals surface area contributed by atoms with Crippen LogP contribution in [0.1, 0.15) is 25.8 Å². The number of carbonyl (C=O) groups excluding carboxylic acids is 1. The van der Waals surface area contributed by atoms with Crippen molar-refractivity contribution in [2.75, 3.05) is 13.7 Å². The minimum Gasteiger partial charge on any atom is -0.493 e. The highest BCUT2D eigenvalue weighted by atomic mass is 35.5.